The van der Waals surface area contributed by atoms with E-state index in [2.05, 4.69) is 22.1 Å². The van der Waals surface area contributed by atoms with Crippen molar-refractivity contribution in [2.24, 2.45) is 0 Å². The van der Waals surface area contributed by atoms with Crippen LogP contribution in [-0.4, -0.2) is 40.6 Å². The van der Waals surface area contributed by atoms with Crippen LogP contribution >= 0.6 is 23.4 Å². The van der Waals surface area contributed by atoms with Crippen molar-refractivity contribution in [1.29, 1.82) is 0 Å². The number of rotatable bonds is 9. The van der Waals surface area contributed by atoms with Crippen molar-refractivity contribution < 1.29 is 14.3 Å². The number of hydrogen-bond acceptors (Lipinski definition) is 6. The molecule has 3 rings (SSSR count). The largest absolute Gasteiger partial charge is 0.493 e. The Hall–Kier alpha value is -2.97. The highest BCUT2D eigenvalue weighted by molar-refractivity contribution is 7.99. The predicted molar refractivity (Wildman–Crippen MR) is 120 cm³/mol. The average Bonchev–Trinajstić information content (AvgIpc) is 3.14. The number of anilines is 1. The lowest BCUT2D eigenvalue weighted by Crippen LogP contribution is -2.14. The van der Waals surface area contributed by atoms with Gasteiger partial charge in [-0.3, -0.25) is 9.36 Å². The Morgan fingerprint density at radius 3 is 2.70 bits per heavy atom. The number of methoxy groups -OCH3 is 2. The maximum atomic E-state index is 12.3. The fourth-order valence-electron chi connectivity index (χ4n) is 2.77. The van der Waals surface area contributed by atoms with E-state index in [1.165, 1.54) is 11.8 Å². The molecule has 1 aromatic heterocycles. The van der Waals surface area contributed by atoms with Gasteiger partial charge in [0.15, 0.2) is 22.5 Å². The molecule has 0 aliphatic carbocycles. The molecule has 0 aliphatic rings. The van der Waals surface area contributed by atoms with Crippen LogP contribution < -0.4 is 14.8 Å². The number of carbonyl (C=O) groups is 1. The molecule has 1 heterocycles. The van der Waals surface area contributed by atoms with Crippen LogP contribution in [0.2, 0.25) is 5.02 Å². The van der Waals surface area contributed by atoms with Gasteiger partial charge < -0.3 is 14.8 Å². The van der Waals surface area contributed by atoms with Crippen molar-refractivity contribution in [3.63, 3.8) is 0 Å². The summed E-state index contributed by atoms with van der Waals surface area (Å²) in [4.78, 5) is 12.3. The summed E-state index contributed by atoms with van der Waals surface area (Å²) < 4.78 is 12.6. The monoisotopic (exact) mass is 444 g/mol. The minimum Gasteiger partial charge on any atom is -0.493 e. The zero-order valence-electron chi connectivity index (χ0n) is 16.6. The van der Waals surface area contributed by atoms with Crippen molar-refractivity contribution in [2.75, 3.05) is 25.3 Å². The second kappa shape index (κ2) is 10.2. The number of nitrogens with one attached hydrogen (secondary N) is 1. The molecule has 0 bridgehead atoms. The third-order valence-electron chi connectivity index (χ3n) is 4.11. The molecule has 2 aromatic carbocycles. The van der Waals surface area contributed by atoms with Gasteiger partial charge in [0.05, 0.1) is 20.0 Å². The first-order chi connectivity index (χ1) is 14.5. The molecule has 0 saturated heterocycles. The standard InChI is InChI=1S/C21H21ClN4O3S/c1-4-10-26-20(14-8-9-17(28-2)18(11-14)29-3)24-25-21(26)30-13-19(27)23-16-7-5-6-15(22)12-16/h4-9,11-12H,1,10,13H2,2-3H3,(H,23,27). The summed E-state index contributed by atoms with van der Waals surface area (Å²) in [5.41, 5.74) is 1.46. The van der Waals surface area contributed by atoms with Crippen LogP contribution in [0.5, 0.6) is 11.5 Å². The van der Waals surface area contributed by atoms with Crippen LogP contribution in [0.4, 0.5) is 5.69 Å². The molecule has 1 amide bonds. The van der Waals surface area contributed by atoms with Gasteiger partial charge in [-0.05, 0) is 36.4 Å². The first-order valence-electron chi connectivity index (χ1n) is 9.00. The first-order valence-corrected chi connectivity index (χ1v) is 10.4. The summed E-state index contributed by atoms with van der Waals surface area (Å²) >= 11 is 7.25. The lowest BCUT2D eigenvalue weighted by Gasteiger charge is -2.11. The van der Waals surface area contributed by atoms with Crippen LogP contribution in [0, 0.1) is 0 Å². The number of allylic oxidation sites excluding steroid dienone is 1. The maximum absolute atomic E-state index is 12.3. The summed E-state index contributed by atoms with van der Waals surface area (Å²) in [5.74, 6) is 1.88. The normalized spacial score (nSPS) is 10.5. The smallest absolute Gasteiger partial charge is 0.234 e. The van der Waals surface area contributed by atoms with Crippen LogP contribution in [0.15, 0.2) is 60.3 Å². The van der Waals surface area contributed by atoms with Gasteiger partial charge in [0.25, 0.3) is 0 Å². The van der Waals surface area contributed by atoms with Gasteiger partial charge >= 0.3 is 0 Å². The zero-order valence-corrected chi connectivity index (χ0v) is 18.2. The fraction of sp³-hybridized carbons (Fsp3) is 0.190. The van der Waals surface area contributed by atoms with E-state index in [4.69, 9.17) is 21.1 Å². The Labute approximate surface area is 184 Å². The number of carbonyl (C=O) groups excluding carboxylic acids is 1. The summed E-state index contributed by atoms with van der Waals surface area (Å²) in [6.07, 6.45) is 1.75. The molecule has 0 radical (unpaired) electrons. The van der Waals surface area contributed by atoms with E-state index < -0.39 is 0 Å². The summed E-state index contributed by atoms with van der Waals surface area (Å²) in [6, 6.07) is 12.5. The number of thioether (sulfide) groups is 1. The van der Waals surface area contributed by atoms with E-state index in [-0.39, 0.29) is 11.7 Å². The molecule has 0 fully saturated rings. The average molecular weight is 445 g/mol. The second-order valence-corrected chi connectivity index (χ2v) is 7.50. The van der Waals surface area contributed by atoms with Crippen molar-refractivity contribution in [2.45, 2.75) is 11.7 Å². The lowest BCUT2D eigenvalue weighted by molar-refractivity contribution is -0.113. The van der Waals surface area contributed by atoms with Gasteiger partial charge in [0.2, 0.25) is 5.91 Å². The minimum absolute atomic E-state index is 0.164. The number of nitrogens with zero attached hydrogens (tertiary/aromatic N) is 3. The Balaban J connectivity index is 1.77. The molecule has 156 valence electrons. The number of ether oxygens (including phenoxy) is 2. The minimum atomic E-state index is -0.164. The van der Waals surface area contributed by atoms with Gasteiger partial charge in [-0.15, -0.1) is 16.8 Å². The van der Waals surface area contributed by atoms with Gasteiger partial charge in [0.1, 0.15) is 0 Å². The number of benzene rings is 2. The van der Waals surface area contributed by atoms with E-state index in [0.29, 0.717) is 39.7 Å². The van der Waals surface area contributed by atoms with Crippen LogP contribution in [-0.2, 0) is 11.3 Å². The Morgan fingerprint density at radius 2 is 2.00 bits per heavy atom. The summed E-state index contributed by atoms with van der Waals surface area (Å²) in [7, 11) is 3.16. The number of aromatic nitrogens is 3. The molecule has 30 heavy (non-hydrogen) atoms. The van der Waals surface area contributed by atoms with Gasteiger partial charge in [-0.2, -0.15) is 0 Å². The van der Waals surface area contributed by atoms with Crippen molar-refractivity contribution >= 4 is 35.0 Å². The fourth-order valence-corrected chi connectivity index (χ4v) is 3.71. The Morgan fingerprint density at radius 1 is 1.20 bits per heavy atom. The van der Waals surface area contributed by atoms with Gasteiger partial charge in [-0.25, -0.2) is 0 Å². The number of halogens is 1. The van der Waals surface area contributed by atoms with E-state index in [9.17, 15) is 4.79 Å². The number of hydrogen-bond donors (Lipinski definition) is 1. The zero-order chi connectivity index (χ0) is 21.5. The quantitative estimate of drug-likeness (QED) is 0.386. The Kier molecular flexibility index (Phi) is 7.37. The molecule has 9 heteroatoms. The molecule has 0 atom stereocenters. The third kappa shape index (κ3) is 5.14. The molecule has 0 spiro atoms. The van der Waals surface area contributed by atoms with E-state index >= 15 is 0 Å². The molecule has 0 saturated carbocycles. The highest BCUT2D eigenvalue weighted by Crippen LogP contribution is 2.33. The highest BCUT2D eigenvalue weighted by Gasteiger charge is 2.17. The van der Waals surface area contributed by atoms with Crippen molar-refractivity contribution in [3.8, 4) is 22.9 Å². The Bertz CT molecular complexity index is 1050. The molecular formula is C21H21ClN4O3S. The molecule has 1 N–H and O–H groups in total. The maximum Gasteiger partial charge on any atom is 0.234 e. The first kappa shape index (κ1) is 21.7. The van der Waals surface area contributed by atoms with E-state index in [1.54, 1.807) is 44.6 Å². The van der Waals surface area contributed by atoms with Crippen LogP contribution in [0.3, 0.4) is 0 Å². The summed E-state index contributed by atoms with van der Waals surface area (Å²) in [6.45, 7) is 4.30. The third-order valence-corrected chi connectivity index (χ3v) is 5.31. The van der Waals surface area contributed by atoms with Gasteiger partial charge in [-0.1, -0.05) is 35.5 Å². The van der Waals surface area contributed by atoms with Crippen LogP contribution in [0.25, 0.3) is 11.4 Å². The van der Waals surface area contributed by atoms with E-state index in [1.807, 2.05) is 22.8 Å². The van der Waals surface area contributed by atoms with Crippen LogP contribution in [0.1, 0.15) is 0 Å². The highest BCUT2D eigenvalue weighted by atomic mass is 35.5. The molecular weight excluding hydrogens is 424 g/mol. The van der Waals surface area contributed by atoms with Crippen molar-refractivity contribution in [1.82, 2.24) is 14.8 Å². The molecule has 0 unspecified atom stereocenters. The number of amides is 1. The summed E-state index contributed by atoms with van der Waals surface area (Å²) in [5, 5.41) is 12.6. The molecule has 0 aliphatic heterocycles. The predicted octanol–water partition coefficient (Wildman–Crippen LogP) is 4.53. The topological polar surface area (TPSA) is 78.3 Å². The molecule has 7 nitrogen and oxygen atoms in total. The van der Waals surface area contributed by atoms with Crippen molar-refractivity contribution in [3.05, 3.63) is 60.1 Å². The second-order valence-electron chi connectivity index (χ2n) is 6.12. The van der Waals surface area contributed by atoms with Gasteiger partial charge in [0, 0.05) is 22.8 Å². The molecule has 3 aromatic rings. The SMILES string of the molecule is C=CCn1c(SCC(=O)Nc2cccc(Cl)c2)nnc1-c1ccc(OC)c(OC)c1. The van der Waals surface area contributed by atoms with E-state index in [0.717, 1.165) is 5.56 Å². The lowest BCUT2D eigenvalue weighted by atomic mass is 10.2.